The average Bonchev–Trinajstić information content (AvgIpc) is 1.71. The van der Waals surface area contributed by atoms with Crippen LogP contribution in [0.25, 0.3) is 33.5 Å². The molecule has 27 heteroatoms. The molecule has 0 saturated carbocycles. The van der Waals surface area contributed by atoms with Crippen molar-refractivity contribution in [2.45, 2.75) is 141 Å². The lowest BCUT2D eigenvalue weighted by Crippen LogP contribution is -2.61. The van der Waals surface area contributed by atoms with Gasteiger partial charge in [0.05, 0.1) is 50.5 Å². The third kappa shape index (κ3) is 14.8. The van der Waals surface area contributed by atoms with Gasteiger partial charge in [0.1, 0.15) is 43.8 Å². The van der Waals surface area contributed by atoms with Crippen LogP contribution in [0.2, 0.25) is 0 Å². The Morgan fingerprint density at radius 3 is 1.52 bits per heavy atom. The maximum Gasteiger partial charge on any atom is 0.427 e. The Bertz CT molecular complexity index is 3950. The predicted octanol–water partition coefficient (Wildman–Crippen LogP) is 10.6. The highest BCUT2D eigenvalue weighted by atomic mass is 32.2. The van der Waals surface area contributed by atoms with Gasteiger partial charge in [-0.25, -0.2) is 45.6 Å². The molecule has 0 spiro atoms. The number of methoxy groups -OCH3 is 3. The van der Waals surface area contributed by atoms with Crippen molar-refractivity contribution in [3.05, 3.63) is 119 Å². The van der Waals surface area contributed by atoms with Crippen molar-refractivity contribution < 1.29 is 69.5 Å². The van der Waals surface area contributed by atoms with E-state index in [2.05, 4.69) is 10.3 Å². The summed E-state index contributed by atoms with van der Waals surface area (Å²) in [4.78, 5) is 63.7. The molecule has 2 aromatic heterocycles. The molecule has 1 N–H and O–H groups in total. The minimum atomic E-state index is -5.41. The summed E-state index contributed by atoms with van der Waals surface area (Å²) in [5.41, 5.74) is -3.97. The third-order valence-corrected chi connectivity index (χ3v) is 17.7. The van der Waals surface area contributed by atoms with E-state index in [4.69, 9.17) is 38.5 Å². The second kappa shape index (κ2) is 25.1. The molecule has 25 nitrogen and oxygen atoms in total. The first-order chi connectivity index (χ1) is 41.4. The summed E-state index contributed by atoms with van der Waals surface area (Å²) in [5.74, 6) is 0.228. The van der Waals surface area contributed by atoms with Crippen LogP contribution >= 0.6 is 0 Å². The molecule has 0 aliphatic carbocycles. The summed E-state index contributed by atoms with van der Waals surface area (Å²) in [6.45, 7) is 18.6. The van der Waals surface area contributed by atoms with Crippen LogP contribution in [0.15, 0.2) is 107 Å². The van der Waals surface area contributed by atoms with E-state index in [0.29, 0.717) is 53.3 Å². The largest absolute Gasteiger partial charge is 0.497 e. The quantitative estimate of drug-likeness (QED) is 0.0829. The number of imide groups is 1. The van der Waals surface area contributed by atoms with Gasteiger partial charge in [0.15, 0.2) is 0 Å². The lowest BCUT2D eigenvalue weighted by molar-refractivity contribution is 0.0181. The van der Waals surface area contributed by atoms with Gasteiger partial charge in [-0.05, 0) is 156 Å². The zero-order valence-corrected chi connectivity index (χ0v) is 54.4. The van der Waals surface area contributed by atoms with Gasteiger partial charge in [-0.1, -0.05) is 69.3 Å². The molecular formula is C62H76N10O15S2. The Labute approximate surface area is 518 Å². The van der Waals surface area contributed by atoms with Crippen molar-refractivity contribution in [3.8, 4) is 39.8 Å². The predicted molar refractivity (Wildman–Crippen MR) is 330 cm³/mol. The number of tetrazole rings is 1. The number of carboxylic acid groups (broad SMARTS) is 1. The molecule has 3 heterocycles. The fraction of sp³-hybridized carbons (Fsp3) is 0.419. The smallest absolute Gasteiger partial charge is 0.427 e. The van der Waals surface area contributed by atoms with E-state index in [0.717, 1.165) is 10.4 Å². The maximum atomic E-state index is 17.0. The number of rotatable bonds is 17. The molecule has 0 radical (unpaired) electrons. The number of nitrogens with zero attached hydrogens (tertiary/aromatic N) is 10. The molecular weight excluding hydrogens is 1190 g/mol. The lowest BCUT2D eigenvalue weighted by atomic mass is 9.80. The van der Waals surface area contributed by atoms with Crippen molar-refractivity contribution in [1.82, 2.24) is 43.3 Å². The molecule has 0 unspecified atom stereocenters. The highest BCUT2D eigenvalue weighted by Crippen LogP contribution is 2.48. The van der Waals surface area contributed by atoms with Crippen molar-refractivity contribution in [1.29, 1.82) is 0 Å². The zero-order valence-electron chi connectivity index (χ0n) is 52.8. The Morgan fingerprint density at radius 1 is 0.607 bits per heavy atom. The van der Waals surface area contributed by atoms with Crippen LogP contribution in [-0.4, -0.2) is 154 Å². The van der Waals surface area contributed by atoms with Crippen LogP contribution in [-0.2, 0) is 59.3 Å². The number of fused-ring (bicyclic) bond motifs is 1. The molecule has 1 saturated heterocycles. The second-order valence-corrected chi connectivity index (χ2v) is 29.0. The molecule has 5 aromatic carbocycles. The van der Waals surface area contributed by atoms with Crippen LogP contribution in [0.1, 0.15) is 105 Å². The first-order valence-corrected chi connectivity index (χ1v) is 31.2. The van der Waals surface area contributed by atoms with E-state index < -0.39 is 113 Å². The molecule has 89 heavy (non-hydrogen) atoms. The first kappa shape index (κ1) is 66.3. The number of ether oxygens (including phenoxy) is 6. The number of likely N-dealkylation sites (tertiary alicyclic amines) is 1. The van der Waals surface area contributed by atoms with Gasteiger partial charge < -0.3 is 38.4 Å². The monoisotopic (exact) mass is 1260 g/mol. The van der Waals surface area contributed by atoms with E-state index in [9.17, 15) is 24.3 Å². The molecule has 8 rings (SSSR count). The minimum absolute atomic E-state index is 0.0204. The average molecular weight is 1270 g/mol. The number of likely N-dealkylation sites (N-methyl/N-ethyl adjacent to an activating group) is 1. The third-order valence-electron chi connectivity index (χ3n) is 13.8. The lowest BCUT2D eigenvalue weighted by Gasteiger charge is -2.42. The van der Waals surface area contributed by atoms with E-state index in [1.165, 1.54) is 79.8 Å². The minimum Gasteiger partial charge on any atom is -0.497 e. The number of hydrogen-bond acceptors (Lipinski definition) is 19. The van der Waals surface area contributed by atoms with E-state index in [1.54, 1.807) is 112 Å². The van der Waals surface area contributed by atoms with Gasteiger partial charge in [0.25, 0.3) is 10.0 Å². The molecule has 3 amide bonds. The topological polar surface area (TPSA) is 287 Å². The maximum absolute atomic E-state index is 17.0. The number of imidazole rings is 1. The number of carbonyl (C=O) groups is 4. The van der Waals surface area contributed by atoms with Crippen LogP contribution in [0.3, 0.4) is 0 Å². The van der Waals surface area contributed by atoms with Crippen LogP contribution < -0.4 is 19.1 Å². The molecule has 0 atom stereocenters. The highest BCUT2D eigenvalue weighted by Gasteiger charge is 2.48. The van der Waals surface area contributed by atoms with Gasteiger partial charge in [0.2, 0.25) is 21.8 Å². The fourth-order valence-corrected chi connectivity index (χ4v) is 13.7. The van der Waals surface area contributed by atoms with Gasteiger partial charge in [0, 0.05) is 31.7 Å². The molecule has 476 valence electrons. The SMILES string of the molecule is COc1ccc(CN(Cc2ccc(OC)cc2)S(=O)(=O)c2c(S(=O)(=O)N(C(=O)OC(C)(C)C)C3CN(C)C3)ccc(-c3c(C(C)(C)C)ccc4c3nc(N(C(=O)OC(C)(C)C)C(=O)OC(C)(C)C)n4C(=O)O)c2-c2nnn(Cc3ccc(OC)cc3)n2)cc1. The first-order valence-electron chi connectivity index (χ1n) is 28.3. The van der Waals surface area contributed by atoms with Crippen LogP contribution in [0, 0.1) is 0 Å². The Kier molecular flexibility index (Phi) is 18.7. The van der Waals surface area contributed by atoms with Crippen molar-refractivity contribution in [2.24, 2.45) is 0 Å². The normalized spacial score (nSPS) is 13.6. The molecule has 1 aliphatic rings. The summed E-state index contributed by atoms with van der Waals surface area (Å²) >= 11 is 0. The number of benzene rings is 5. The number of carbonyl (C=O) groups excluding carboxylic acids is 3. The van der Waals surface area contributed by atoms with Gasteiger partial charge in [-0.15, -0.1) is 15.1 Å². The fourth-order valence-electron chi connectivity index (χ4n) is 9.87. The van der Waals surface area contributed by atoms with Gasteiger partial charge in [-0.3, -0.25) is 0 Å². The van der Waals surface area contributed by atoms with Gasteiger partial charge in [-0.2, -0.15) is 13.4 Å². The standard InChI is InChI=1S/C62H76N10O15S2/c1-59(2,3)46-30-31-47-51(63-54(70(47)55(73)74)71(56(75)85-60(4,5)6)57(76)86-61(7,8)9)49(46)45-29-32-48(88(78,79)72(41-36-67(13)37-41)58(77)87-62(10,11)12)52(50(45)53-64-66-69(65-53)35-40-21-27-44(84-16)28-22-40)89(80,81)68(33-38-17-23-42(82-14)24-18-38)34-39-19-25-43(83-15)26-20-39/h17-32,41H,33-37H2,1-16H3,(H,73,74). The van der Waals surface area contributed by atoms with Crippen molar-refractivity contribution in [2.75, 3.05) is 46.4 Å². The van der Waals surface area contributed by atoms with Crippen LogP contribution in [0.5, 0.6) is 17.2 Å². The second-order valence-electron chi connectivity index (χ2n) is 25.4. The molecule has 1 fully saturated rings. The zero-order chi connectivity index (χ0) is 65.5. The Hall–Kier alpha value is -8.66. The molecule has 1 aliphatic heterocycles. The van der Waals surface area contributed by atoms with Crippen molar-refractivity contribution >= 4 is 61.4 Å². The van der Waals surface area contributed by atoms with Crippen LogP contribution in [0.4, 0.5) is 25.1 Å². The Balaban J connectivity index is 1.58. The molecule has 0 bridgehead atoms. The summed E-state index contributed by atoms with van der Waals surface area (Å²) in [7, 11) is -4.61. The van der Waals surface area contributed by atoms with E-state index in [1.807, 2.05) is 20.8 Å². The van der Waals surface area contributed by atoms with E-state index >= 15 is 16.8 Å². The molecule has 7 aromatic rings. The van der Waals surface area contributed by atoms with Gasteiger partial charge >= 0.3 is 24.4 Å². The summed E-state index contributed by atoms with van der Waals surface area (Å²) < 4.78 is 102. The highest BCUT2D eigenvalue weighted by molar-refractivity contribution is 7.92. The summed E-state index contributed by atoms with van der Waals surface area (Å²) in [5, 5.41) is 25.0. The summed E-state index contributed by atoms with van der Waals surface area (Å²) in [6.07, 6.45) is -5.72. The number of hydrogen-bond donors (Lipinski definition) is 1. The number of anilines is 1. The number of amides is 3. The van der Waals surface area contributed by atoms with E-state index in [-0.39, 0.29) is 41.8 Å². The Morgan fingerprint density at radius 2 is 1.08 bits per heavy atom. The number of sulfonamides is 2. The summed E-state index contributed by atoms with van der Waals surface area (Å²) in [6, 6.07) is 24.4. The number of aromatic nitrogens is 6. The van der Waals surface area contributed by atoms with Crippen molar-refractivity contribution in [3.63, 3.8) is 0 Å².